The Balaban J connectivity index is 4.61. The van der Waals surface area contributed by atoms with Gasteiger partial charge in [-0.25, -0.2) is 0 Å². The van der Waals surface area contributed by atoms with Crippen molar-refractivity contribution < 1.29 is 9.59 Å². The van der Waals surface area contributed by atoms with Gasteiger partial charge in [-0.15, -0.1) is 0 Å². The molecule has 0 atom stereocenters. The Bertz CT molecular complexity index is 326. The number of nitrogens with two attached hydrogens (primary N) is 2. The quantitative estimate of drug-likeness (QED) is 0.416. The predicted molar refractivity (Wildman–Crippen MR) is 80.5 cm³/mol. The van der Waals surface area contributed by atoms with Crippen LogP contribution in [0.25, 0.3) is 0 Å². The van der Waals surface area contributed by atoms with E-state index >= 15 is 0 Å². The summed E-state index contributed by atoms with van der Waals surface area (Å²) in [4.78, 5) is 23.2. The molecule has 19 heavy (non-hydrogen) atoms. The summed E-state index contributed by atoms with van der Waals surface area (Å²) < 4.78 is 0. The SMILES string of the molecule is CCCC(CCC)(C(=O)NCCCC(N)=O)C(N)=S. The maximum atomic E-state index is 12.3. The number of primary amides is 1. The summed E-state index contributed by atoms with van der Waals surface area (Å²) in [5.74, 6) is -0.495. The van der Waals surface area contributed by atoms with Crippen LogP contribution in [-0.4, -0.2) is 23.3 Å². The van der Waals surface area contributed by atoms with Crippen LogP contribution in [0.4, 0.5) is 0 Å². The van der Waals surface area contributed by atoms with Gasteiger partial charge in [0.15, 0.2) is 0 Å². The van der Waals surface area contributed by atoms with Crippen LogP contribution in [0.2, 0.25) is 0 Å². The first-order valence-corrected chi connectivity index (χ1v) is 7.18. The molecule has 0 spiro atoms. The minimum atomic E-state index is -0.758. The number of rotatable bonds is 10. The lowest BCUT2D eigenvalue weighted by molar-refractivity contribution is -0.128. The lowest BCUT2D eigenvalue weighted by atomic mass is 9.78. The Labute approximate surface area is 120 Å². The van der Waals surface area contributed by atoms with Crippen LogP contribution in [-0.2, 0) is 9.59 Å². The fourth-order valence-corrected chi connectivity index (χ4v) is 2.49. The molecule has 0 aliphatic rings. The molecule has 0 saturated carbocycles. The van der Waals surface area contributed by atoms with Crippen molar-refractivity contribution in [3.63, 3.8) is 0 Å². The van der Waals surface area contributed by atoms with Crippen LogP contribution in [0.5, 0.6) is 0 Å². The van der Waals surface area contributed by atoms with E-state index in [9.17, 15) is 9.59 Å². The second kappa shape index (κ2) is 8.85. The molecule has 0 bridgehead atoms. The molecule has 0 rings (SSSR count). The smallest absolute Gasteiger partial charge is 0.233 e. The molecule has 6 heteroatoms. The van der Waals surface area contributed by atoms with E-state index in [1.165, 1.54) is 0 Å². The van der Waals surface area contributed by atoms with Crippen LogP contribution in [0.3, 0.4) is 0 Å². The van der Waals surface area contributed by atoms with Gasteiger partial charge in [0.1, 0.15) is 0 Å². The highest BCUT2D eigenvalue weighted by molar-refractivity contribution is 7.80. The van der Waals surface area contributed by atoms with E-state index in [2.05, 4.69) is 5.32 Å². The van der Waals surface area contributed by atoms with Gasteiger partial charge in [0.25, 0.3) is 0 Å². The van der Waals surface area contributed by atoms with Crippen LogP contribution in [0.1, 0.15) is 52.4 Å². The molecule has 0 unspecified atom stereocenters. The number of thiocarbonyl (C=S) groups is 1. The molecule has 0 aromatic heterocycles. The number of amides is 2. The van der Waals surface area contributed by atoms with Crippen molar-refractivity contribution >= 4 is 29.0 Å². The molecule has 110 valence electrons. The van der Waals surface area contributed by atoms with Crippen molar-refractivity contribution in [3.05, 3.63) is 0 Å². The third-order valence-corrected chi connectivity index (χ3v) is 3.54. The van der Waals surface area contributed by atoms with Crippen molar-refractivity contribution in [1.29, 1.82) is 0 Å². The van der Waals surface area contributed by atoms with Crippen molar-refractivity contribution in [3.8, 4) is 0 Å². The molecule has 2 amide bonds. The lowest BCUT2D eigenvalue weighted by Crippen LogP contribution is -2.49. The Morgan fingerprint density at radius 2 is 1.68 bits per heavy atom. The minimum absolute atomic E-state index is 0.131. The third kappa shape index (κ3) is 5.55. The molecule has 0 saturated heterocycles. The zero-order valence-electron chi connectivity index (χ0n) is 11.8. The Morgan fingerprint density at radius 1 is 1.16 bits per heavy atom. The topological polar surface area (TPSA) is 98.2 Å². The molecular weight excluding hydrogens is 262 g/mol. The summed E-state index contributed by atoms with van der Waals surface area (Å²) in [6.45, 7) is 4.42. The van der Waals surface area contributed by atoms with Crippen molar-refractivity contribution in [2.75, 3.05) is 6.54 Å². The maximum absolute atomic E-state index is 12.3. The fourth-order valence-electron chi connectivity index (χ4n) is 2.20. The van der Waals surface area contributed by atoms with E-state index in [1.807, 2.05) is 13.8 Å². The summed E-state index contributed by atoms with van der Waals surface area (Å²) in [5, 5.41) is 2.82. The molecule has 5 nitrogen and oxygen atoms in total. The van der Waals surface area contributed by atoms with Crippen LogP contribution in [0.15, 0.2) is 0 Å². The molecule has 0 heterocycles. The van der Waals surface area contributed by atoms with E-state index in [0.29, 0.717) is 25.8 Å². The van der Waals surface area contributed by atoms with Crippen molar-refractivity contribution in [2.24, 2.45) is 16.9 Å². The van der Waals surface area contributed by atoms with E-state index in [4.69, 9.17) is 23.7 Å². The summed E-state index contributed by atoms with van der Waals surface area (Å²) in [7, 11) is 0. The van der Waals surface area contributed by atoms with Crippen LogP contribution < -0.4 is 16.8 Å². The first-order valence-electron chi connectivity index (χ1n) is 6.77. The Kier molecular flexibility index (Phi) is 8.30. The fraction of sp³-hybridized carbons (Fsp3) is 0.769. The molecule has 0 aromatic carbocycles. The summed E-state index contributed by atoms with van der Waals surface area (Å²) in [5.41, 5.74) is 10.1. The van der Waals surface area contributed by atoms with Gasteiger partial charge in [0.2, 0.25) is 11.8 Å². The van der Waals surface area contributed by atoms with Crippen LogP contribution in [0, 0.1) is 5.41 Å². The molecular formula is C13H25N3O2S. The lowest BCUT2D eigenvalue weighted by Gasteiger charge is -2.31. The second-order valence-corrected chi connectivity index (χ2v) is 5.21. The van der Waals surface area contributed by atoms with Gasteiger partial charge in [0.05, 0.1) is 10.4 Å². The normalized spacial score (nSPS) is 11.1. The zero-order valence-corrected chi connectivity index (χ0v) is 12.6. The number of hydrogen-bond donors (Lipinski definition) is 3. The van der Waals surface area contributed by atoms with Gasteiger partial charge >= 0.3 is 0 Å². The van der Waals surface area contributed by atoms with Gasteiger partial charge in [-0.05, 0) is 19.3 Å². The summed E-state index contributed by atoms with van der Waals surface area (Å²) >= 11 is 5.10. The van der Waals surface area contributed by atoms with E-state index in [0.717, 1.165) is 12.8 Å². The van der Waals surface area contributed by atoms with E-state index in [-0.39, 0.29) is 23.2 Å². The molecule has 0 aliphatic heterocycles. The van der Waals surface area contributed by atoms with Gasteiger partial charge in [0, 0.05) is 13.0 Å². The highest BCUT2D eigenvalue weighted by Crippen LogP contribution is 2.30. The molecule has 0 radical (unpaired) electrons. The van der Waals surface area contributed by atoms with Crippen molar-refractivity contribution in [2.45, 2.75) is 52.4 Å². The Morgan fingerprint density at radius 3 is 2.05 bits per heavy atom. The van der Waals surface area contributed by atoms with Gasteiger partial charge < -0.3 is 16.8 Å². The maximum Gasteiger partial charge on any atom is 0.233 e. The minimum Gasteiger partial charge on any atom is -0.392 e. The first kappa shape index (κ1) is 17.8. The third-order valence-electron chi connectivity index (χ3n) is 3.15. The monoisotopic (exact) mass is 287 g/mol. The number of carbonyl (C=O) groups is 2. The molecule has 0 fully saturated rings. The first-order chi connectivity index (χ1) is 8.90. The summed E-state index contributed by atoms with van der Waals surface area (Å²) in [6, 6.07) is 0. The van der Waals surface area contributed by atoms with Gasteiger partial charge in [-0.1, -0.05) is 38.9 Å². The van der Waals surface area contributed by atoms with Crippen molar-refractivity contribution in [1.82, 2.24) is 5.32 Å². The van der Waals surface area contributed by atoms with Gasteiger partial charge in [-0.2, -0.15) is 0 Å². The number of hydrogen-bond acceptors (Lipinski definition) is 3. The van der Waals surface area contributed by atoms with E-state index < -0.39 is 5.41 Å². The largest absolute Gasteiger partial charge is 0.392 e. The molecule has 5 N–H and O–H groups in total. The highest BCUT2D eigenvalue weighted by atomic mass is 32.1. The average molecular weight is 287 g/mol. The van der Waals surface area contributed by atoms with Crippen LogP contribution >= 0.6 is 12.2 Å². The molecule has 0 aliphatic carbocycles. The molecule has 0 aromatic rings. The Hall–Kier alpha value is -1.17. The average Bonchev–Trinajstić information content (AvgIpc) is 2.33. The second-order valence-electron chi connectivity index (χ2n) is 4.77. The zero-order chi connectivity index (χ0) is 14.9. The highest BCUT2D eigenvalue weighted by Gasteiger charge is 2.39. The van der Waals surface area contributed by atoms with E-state index in [1.54, 1.807) is 0 Å². The number of nitrogens with one attached hydrogen (secondary N) is 1. The van der Waals surface area contributed by atoms with Gasteiger partial charge in [-0.3, -0.25) is 9.59 Å². The summed E-state index contributed by atoms with van der Waals surface area (Å²) in [6.07, 6.45) is 3.78. The predicted octanol–water partition coefficient (Wildman–Crippen LogP) is 1.24. The standard InChI is InChI=1S/C13H25N3O2S/c1-3-7-13(8-4-2,11(15)19)12(18)16-9-5-6-10(14)17/h3-9H2,1-2H3,(H2,14,17)(H2,15,19)(H,16,18). The number of carbonyl (C=O) groups excluding carboxylic acids is 2.